The van der Waals surface area contributed by atoms with E-state index in [1.807, 2.05) is 13.8 Å². The highest BCUT2D eigenvalue weighted by molar-refractivity contribution is 5.87. The predicted molar refractivity (Wildman–Crippen MR) is 100 cm³/mol. The number of nitrogens with zero attached hydrogens (tertiary/aromatic N) is 2. The molecule has 2 atom stereocenters. The molecule has 1 aliphatic heterocycles. The summed E-state index contributed by atoms with van der Waals surface area (Å²) in [5.41, 5.74) is -0.678. The summed E-state index contributed by atoms with van der Waals surface area (Å²) in [7, 11) is 0. The highest BCUT2D eigenvalue weighted by Gasteiger charge is 2.41. The molecule has 1 saturated heterocycles. The van der Waals surface area contributed by atoms with E-state index in [0.29, 0.717) is 25.4 Å². The minimum atomic E-state index is -0.783. The number of piperazine rings is 1. The van der Waals surface area contributed by atoms with E-state index in [2.05, 4.69) is 0 Å². The van der Waals surface area contributed by atoms with Crippen molar-refractivity contribution >= 4 is 18.0 Å². The smallest absolute Gasteiger partial charge is 0.411 e. The van der Waals surface area contributed by atoms with E-state index in [1.165, 1.54) is 11.8 Å². The molecule has 1 N–H and O–H groups in total. The molecule has 0 bridgehead atoms. The Morgan fingerprint density at radius 2 is 1.89 bits per heavy atom. The Balaban J connectivity index is 2.97. The third-order valence-electron chi connectivity index (χ3n) is 4.25. The lowest BCUT2D eigenvalue weighted by molar-refractivity contribution is -0.149. The topological polar surface area (TPSA) is 96.4 Å². The van der Waals surface area contributed by atoms with E-state index >= 15 is 0 Å². The second-order valence-corrected chi connectivity index (χ2v) is 8.32. The van der Waals surface area contributed by atoms with Crippen molar-refractivity contribution in [1.29, 1.82) is 0 Å². The quantitative estimate of drug-likeness (QED) is 0.670. The molecule has 0 unspecified atom stereocenters. The number of rotatable bonds is 7. The van der Waals surface area contributed by atoms with Gasteiger partial charge in [-0.05, 0) is 33.1 Å². The van der Waals surface area contributed by atoms with Gasteiger partial charge in [0.05, 0.1) is 19.3 Å². The summed E-state index contributed by atoms with van der Waals surface area (Å²) in [5, 5.41) is 9.74. The molecule has 1 aliphatic rings. The van der Waals surface area contributed by atoms with Crippen LogP contribution in [0.1, 0.15) is 54.4 Å². The summed E-state index contributed by atoms with van der Waals surface area (Å²) in [6.45, 7) is 11.2. The first-order valence-electron chi connectivity index (χ1n) is 9.50. The largest absolute Gasteiger partial charge is 0.466 e. The zero-order valence-electron chi connectivity index (χ0n) is 17.4. The van der Waals surface area contributed by atoms with Crippen LogP contribution in [0.3, 0.4) is 0 Å². The van der Waals surface area contributed by atoms with E-state index in [1.54, 1.807) is 25.7 Å². The van der Waals surface area contributed by atoms with E-state index in [4.69, 9.17) is 9.47 Å². The van der Waals surface area contributed by atoms with Gasteiger partial charge in [-0.1, -0.05) is 13.8 Å². The number of hydrogen-bond donors (Lipinski definition) is 1. The SMILES string of the molecule is CC(=O)OCC[C@H]1C(=O)N([C@H](CO)CC(C)C)CCN1C(=O)OC(C)(C)C. The number of carbonyl (C=O) groups excluding carboxylic acids is 3. The first kappa shape index (κ1) is 23.2. The van der Waals surface area contributed by atoms with Gasteiger partial charge in [0.1, 0.15) is 11.6 Å². The number of amides is 2. The molecule has 156 valence electrons. The average Bonchev–Trinajstić information content (AvgIpc) is 2.52. The molecule has 0 aliphatic carbocycles. The number of ether oxygens (including phenoxy) is 2. The van der Waals surface area contributed by atoms with Crippen LogP contribution in [-0.2, 0) is 19.1 Å². The number of aliphatic hydroxyl groups excluding tert-OH is 1. The van der Waals surface area contributed by atoms with Gasteiger partial charge in [-0.25, -0.2) is 4.79 Å². The van der Waals surface area contributed by atoms with E-state index in [-0.39, 0.29) is 31.6 Å². The van der Waals surface area contributed by atoms with Crippen LogP contribution in [0.5, 0.6) is 0 Å². The predicted octanol–water partition coefficient (Wildman–Crippen LogP) is 1.79. The second kappa shape index (κ2) is 9.92. The number of esters is 1. The summed E-state index contributed by atoms with van der Waals surface area (Å²) in [4.78, 5) is 39.7. The highest BCUT2D eigenvalue weighted by atomic mass is 16.6. The summed E-state index contributed by atoms with van der Waals surface area (Å²) < 4.78 is 10.4. The van der Waals surface area contributed by atoms with Gasteiger partial charge in [0.25, 0.3) is 0 Å². The Morgan fingerprint density at radius 1 is 1.26 bits per heavy atom. The number of aliphatic hydroxyl groups is 1. The number of hydrogen-bond acceptors (Lipinski definition) is 6. The lowest BCUT2D eigenvalue weighted by Gasteiger charge is -2.43. The van der Waals surface area contributed by atoms with Crippen molar-refractivity contribution in [1.82, 2.24) is 9.80 Å². The molecule has 1 rings (SSSR count). The Kier molecular flexibility index (Phi) is 8.53. The highest BCUT2D eigenvalue weighted by Crippen LogP contribution is 2.22. The van der Waals surface area contributed by atoms with Crippen LogP contribution in [0.2, 0.25) is 0 Å². The molecule has 0 aromatic rings. The Labute approximate surface area is 161 Å². The van der Waals surface area contributed by atoms with Gasteiger partial charge in [0, 0.05) is 26.4 Å². The maximum absolute atomic E-state index is 13.1. The van der Waals surface area contributed by atoms with Crippen LogP contribution in [0.25, 0.3) is 0 Å². The van der Waals surface area contributed by atoms with Crippen LogP contribution in [-0.4, -0.2) is 76.9 Å². The van der Waals surface area contributed by atoms with Gasteiger partial charge >= 0.3 is 12.1 Å². The van der Waals surface area contributed by atoms with E-state index in [0.717, 1.165) is 0 Å². The molecular weight excluding hydrogens is 352 g/mol. The minimum Gasteiger partial charge on any atom is -0.466 e. The van der Waals surface area contributed by atoms with Crippen molar-refractivity contribution < 1.29 is 29.0 Å². The lowest BCUT2D eigenvalue weighted by Crippen LogP contribution is -2.62. The first-order chi connectivity index (χ1) is 12.5. The van der Waals surface area contributed by atoms with Gasteiger partial charge in [-0.15, -0.1) is 0 Å². The van der Waals surface area contributed by atoms with Gasteiger partial charge in [-0.2, -0.15) is 0 Å². The van der Waals surface area contributed by atoms with Crippen LogP contribution in [0.15, 0.2) is 0 Å². The molecule has 0 aromatic carbocycles. The molecule has 1 heterocycles. The van der Waals surface area contributed by atoms with Crippen molar-refractivity contribution in [3.8, 4) is 0 Å². The summed E-state index contributed by atoms with van der Waals surface area (Å²) >= 11 is 0. The third kappa shape index (κ3) is 7.36. The van der Waals surface area contributed by atoms with Crippen LogP contribution >= 0.6 is 0 Å². The molecule has 27 heavy (non-hydrogen) atoms. The molecule has 2 amide bonds. The average molecular weight is 386 g/mol. The van der Waals surface area contributed by atoms with Crippen LogP contribution in [0.4, 0.5) is 4.79 Å². The molecular formula is C19H34N2O6. The Hall–Kier alpha value is -1.83. The van der Waals surface area contributed by atoms with Crippen molar-refractivity contribution in [3.05, 3.63) is 0 Å². The van der Waals surface area contributed by atoms with Crippen LogP contribution in [0, 0.1) is 5.92 Å². The fourth-order valence-corrected chi connectivity index (χ4v) is 3.15. The molecule has 1 fully saturated rings. The standard InChI is InChI=1S/C19H34N2O6/c1-13(2)11-15(12-22)20-8-9-21(18(25)27-19(4,5)6)16(17(20)24)7-10-26-14(3)23/h13,15-16,22H,7-12H2,1-6H3/t15-,16-/m0/s1. The van der Waals surface area contributed by atoms with Crippen molar-refractivity contribution in [2.75, 3.05) is 26.3 Å². The fraction of sp³-hybridized carbons (Fsp3) is 0.842. The normalized spacial score (nSPS) is 19.3. The summed E-state index contributed by atoms with van der Waals surface area (Å²) in [6.07, 6.45) is 0.298. The van der Waals surface area contributed by atoms with Crippen molar-refractivity contribution in [3.63, 3.8) is 0 Å². The molecule has 8 heteroatoms. The fourth-order valence-electron chi connectivity index (χ4n) is 3.15. The molecule has 0 aromatic heterocycles. The third-order valence-corrected chi connectivity index (χ3v) is 4.25. The van der Waals surface area contributed by atoms with Crippen LogP contribution < -0.4 is 0 Å². The van der Waals surface area contributed by atoms with E-state index < -0.39 is 23.7 Å². The zero-order valence-corrected chi connectivity index (χ0v) is 17.4. The first-order valence-corrected chi connectivity index (χ1v) is 9.50. The molecule has 8 nitrogen and oxygen atoms in total. The summed E-state index contributed by atoms with van der Waals surface area (Å²) in [6, 6.07) is -1.08. The zero-order chi connectivity index (χ0) is 20.8. The lowest BCUT2D eigenvalue weighted by atomic mass is 9.99. The van der Waals surface area contributed by atoms with Crippen molar-refractivity contribution in [2.45, 2.75) is 72.1 Å². The number of carbonyl (C=O) groups is 3. The second-order valence-electron chi connectivity index (χ2n) is 8.32. The molecule has 0 saturated carbocycles. The summed E-state index contributed by atoms with van der Waals surface area (Å²) in [5.74, 6) is -0.371. The van der Waals surface area contributed by atoms with Gasteiger partial charge in [0.15, 0.2) is 0 Å². The maximum Gasteiger partial charge on any atom is 0.411 e. The molecule has 0 radical (unpaired) electrons. The Bertz CT molecular complexity index is 529. The minimum absolute atomic E-state index is 0.0346. The van der Waals surface area contributed by atoms with Gasteiger partial charge < -0.3 is 19.5 Å². The van der Waals surface area contributed by atoms with Gasteiger partial charge in [-0.3, -0.25) is 14.5 Å². The van der Waals surface area contributed by atoms with Crippen molar-refractivity contribution in [2.24, 2.45) is 5.92 Å². The molecule has 0 spiro atoms. The Morgan fingerprint density at radius 3 is 2.37 bits per heavy atom. The van der Waals surface area contributed by atoms with E-state index in [9.17, 15) is 19.5 Å². The van der Waals surface area contributed by atoms with Gasteiger partial charge in [0.2, 0.25) is 5.91 Å². The maximum atomic E-state index is 13.1. The monoisotopic (exact) mass is 386 g/mol.